The largest absolute Gasteiger partial charge is 0.381 e. The van der Waals surface area contributed by atoms with Crippen molar-refractivity contribution >= 4 is 21.6 Å². The highest BCUT2D eigenvalue weighted by Crippen LogP contribution is 2.65. The lowest BCUT2D eigenvalue weighted by molar-refractivity contribution is 0.142. The minimum absolute atomic E-state index is 0.189. The molecule has 0 spiro atoms. The maximum atomic E-state index is 13.8. The van der Waals surface area contributed by atoms with Gasteiger partial charge in [0.15, 0.2) is 0 Å². The average Bonchev–Trinajstić information content (AvgIpc) is 2.69. The molecule has 1 aromatic carbocycles. The summed E-state index contributed by atoms with van der Waals surface area (Å²) in [6.45, 7) is 9.25. The molecule has 3 unspecified atom stereocenters. The van der Waals surface area contributed by atoms with Crippen LogP contribution in [0, 0.1) is 29.5 Å². The van der Waals surface area contributed by atoms with Gasteiger partial charge in [-0.2, -0.15) is 0 Å². The van der Waals surface area contributed by atoms with Gasteiger partial charge in [-0.25, -0.2) is 4.39 Å². The fourth-order valence-electron chi connectivity index (χ4n) is 4.41. The molecule has 0 amide bonds. The molecule has 2 aliphatic rings. The number of aryl methyl sites for hydroxylation is 1. The molecule has 1 N–H and O–H groups in total. The summed E-state index contributed by atoms with van der Waals surface area (Å²) >= 11 is 3.25. The molecule has 110 valence electrons. The molecule has 1 aromatic rings. The molecule has 0 aliphatic heterocycles. The molecule has 0 saturated heterocycles. The first-order valence-electron chi connectivity index (χ1n) is 7.48. The maximum absolute atomic E-state index is 13.8. The lowest BCUT2D eigenvalue weighted by Crippen LogP contribution is -2.40. The molecular formula is C17H23BrFN. The van der Waals surface area contributed by atoms with Gasteiger partial charge in [0.05, 0.1) is 4.47 Å². The monoisotopic (exact) mass is 339 g/mol. The molecule has 2 aliphatic carbocycles. The van der Waals surface area contributed by atoms with Crippen LogP contribution in [-0.4, -0.2) is 6.04 Å². The molecule has 1 nitrogen and oxygen atoms in total. The smallest absolute Gasteiger partial charge is 0.139 e. The molecule has 2 fully saturated rings. The van der Waals surface area contributed by atoms with Gasteiger partial charge in [-0.1, -0.05) is 20.8 Å². The Bertz CT molecular complexity index is 554. The van der Waals surface area contributed by atoms with Crippen molar-refractivity contribution in [1.82, 2.24) is 0 Å². The van der Waals surface area contributed by atoms with Crippen molar-refractivity contribution in [3.8, 4) is 0 Å². The first kappa shape index (κ1) is 14.4. The molecule has 3 rings (SSSR count). The Hall–Kier alpha value is -0.570. The summed E-state index contributed by atoms with van der Waals surface area (Å²) in [5, 5.41) is 3.64. The summed E-state index contributed by atoms with van der Waals surface area (Å²) in [5.41, 5.74) is 2.74. The number of hydrogen-bond donors (Lipinski definition) is 1. The standard InChI is InChI=1S/C17H23BrFN/c1-10-7-12(18)13(19)9-14(10)20-15-8-11-5-6-17(15,4)16(11,2)3/h7,9,11,15,20H,5-6,8H2,1-4H3. The van der Waals surface area contributed by atoms with E-state index in [9.17, 15) is 4.39 Å². The van der Waals surface area contributed by atoms with Gasteiger partial charge in [0.1, 0.15) is 5.82 Å². The van der Waals surface area contributed by atoms with Crippen LogP contribution in [0.5, 0.6) is 0 Å². The number of anilines is 1. The molecule has 20 heavy (non-hydrogen) atoms. The van der Waals surface area contributed by atoms with Gasteiger partial charge in [0, 0.05) is 11.7 Å². The summed E-state index contributed by atoms with van der Waals surface area (Å²) < 4.78 is 14.3. The number of hydrogen-bond acceptors (Lipinski definition) is 1. The molecule has 3 atom stereocenters. The van der Waals surface area contributed by atoms with Crippen molar-refractivity contribution in [1.29, 1.82) is 0 Å². The second-order valence-electron chi connectivity index (χ2n) is 7.39. The normalized spacial score (nSPS) is 34.5. The van der Waals surface area contributed by atoms with Crippen LogP contribution in [-0.2, 0) is 0 Å². The zero-order valence-electron chi connectivity index (χ0n) is 12.7. The Kier molecular flexibility index (Phi) is 3.20. The van der Waals surface area contributed by atoms with Crippen LogP contribution in [0.1, 0.15) is 45.6 Å². The van der Waals surface area contributed by atoms with E-state index in [1.807, 2.05) is 13.0 Å². The molecule has 3 heteroatoms. The van der Waals surface area contributed by atoms with Crippen molar-refractivity contribution in [2.75, 3.05) is 5.32 Å². The van der Waals surface area contributed by atoms with Crippen LogP contribution in [0.3, 0.4) is 0 Å². The van der Waals surface area contributed by atoms with E-state index in [0.717, 1.165) is 17.2 Å². The lowest BCUT2D eigenvalue weighted by Gasteiger charge is -2.40. The summed E-state index contributed by atoms with van der Waals surface area (Å²) in [5.74, 6) is 0.608. The van der Waals surface area contributed by atoms with E-state index in [0.29, 0.717) is 21.3 Å². The van der Waals surface area contributed by atoms with Crippen LogP contribution >= 0.6 is 15.9 Å². The van der Waals surface area contributed by atoms with Crippen molar-refractivity contribution in [3.63, 3.8) is 0 Å². The Balaban J connectivity index is 1.89. The molecule has 0 aromatic heterocycles. The quantitative estimate of drug-likeness (QED) is 0.747. The van der Waals surface area contributed by atoms with Crippen molar-refractivity contribution < 1.29 is 4.39 Å². The first-order chi connectivity index (χ1) is 9.25. The van der Waals surface area contributed by atoms with Crippen LogP contribution in [0.2, 0.25) is 0 Å². The summed E-state index contributed by atoms with van der Waals surface area (Å²) in [4.78, 5) is 0. The zero-order chi connectivity index (χ0) is 14.7. The Morgan fingerprint density at radius 1 is 1.30 bits per heavy atom. The number of halogens is 2. The first-order valence-corrected chi connectivity index (χ1v) is 8.27. The van der Waals surface area contributed by atoms with E-state index in [1.54, 1.807) is 6.07 Å². The Labute approximate surface area is 129 Å². The second-order valence-corrected chi connectivity index (χ2v) is 8.24. The molecule has 0 radical (unpaired) electrons. The van der Waals surface area contributed by atoms with E-state index >= 15 is 0 Å². The van der Waals surface area contributed by atoms with Gasteiger partial charge in [-0.15, -0.1) is 0 Å². The highest BCUT2D eigenvalue weighted by Gasteiger charge is 2.61. The highest BCUT2D eigenvalue weighted by molar-refractivity contribution is 9.10. The van der Waals surface area contributed by atoms with Crippen LogP contribution in [0.25, 0.3) is 0 Å². The Morgan fingerprint density at radius 3 is 2.55 bits per heavy atom. The van der Waals surface area contributed by atoms with Crippen LogP contribution < -0.4 is 5.32 Å². The van der Waals surface area contributed by atoms with Crippen LogP contribution in [0.15, 0.2) is 16.6 Å². The molecular weight excluding hydrogens is 317 g/mol. The van der Waals surface area contributed by atoms with Crippen LogP contribution in [0.4, 0.5) is 10.1 Å². The summed E-state index contributed by atoms with van der Waals surface area (Å²) in [6.07, 6.45) is 3.83. The molecule has 2 saturated carbocycles. The van der Waals surface area contributed by atoms with E-state index < -0.39 is 0 Å². The van der Waals surface area contributed by atoms with Crippen molar-refractivity contribution in [3.05, 3.63) is 28.0 Å². The third-order valence-corrected chi connectivity index (χ3v) is 7.00. The highest BCUT2D eigenvalue weighted by atomic mass is 79.9. The van der Waals surface area contributed by atoms with Gasteiger partial charge in [-0.05, 0) is 76.6 Å². The van der Waals surface area contributed by atoms with Crippen molar-refractivity contribution in [2.24, 2.45) is 16.7 Å². The van der Waals surface area contributed by atoms with E-state index in [4.69, 9.17) is 0 Å². The minimum Gasteiger partial charge on any atom is -0.381 e. The predicted octanol–water partition coefficient (Wildman–Crippen LogP) is 5.52. The molecule has 2 bridgehead atoms. The van der Waals surface area contributed by atoms with E-state index in [-0.39, 0.29) is 5.82 Å². The minimum atomic E-state index is -0.189. The van der Waals surface area contributed by atoms with E-state index in [1.165, 1.54) is 19.3 Å². The van der Waals surface area contributed by atoms with Gasteiger partial charge in [0.25, 0.3) is 0 Å². The average molecular weight is 340 g/mol. The maximum Gasteiger partial charge on any atom is 0.139 e. The van der Waals surface area contributed by atoms with Gasteiger partial charge in [0.2, 0.25) is 0 Å². The van der Waals surface area contributed by atoms with Gasteiger partial charge in [-0.3, -0.25) is 0 Å². The van der Waals surface area contributed by atoms with Gasteiger partial charge >= 0.3 is 0 Å². The number of fused-ring (bicyclic) bond motifs is 2. The zero-order valence-corrected chi connectivity index (χ0v) is 14.3. The molecule has 0 heterocycles. The third-order valence-electron chi connectivity index (χ3n) is 6.39. The predicted molar refractivity (Wildman–Crippen MR) is 85.5 cm³/mol. The van der Waals surface area contributed by atoms with E-state index in [2.05, 4.69) is 42.0 Å². The third kappa shape index (κ3) is 1.85. The number of nitrogens with one attached hydrogen (secondary N) is 1. The summed E-state index contributed by atoms with van der Waals surface area (Å²) in [7, 11) is 0. The fourth-order valence-corrected chi connectivity index (χ4v) is 4.87. The second kappa shape index (κ2) is 4.46. The topological polar surface area (TPSA) is 12.0 Å². The number of rotatable bonds is 2. The Morgan fingerprint density at radius 2 is 2.00 bits per heavy atom. The SMILES string of the molecule is Cc1cc(Br)c(F)cc1NC1CC2CCC1(C)C2(C)C. The summed E-state index contributed by atoms with van der Waals surface area (Å²) in [6, 6.07) is 3.94. The number of benzene rings is 1. The van der Waals surface area contributed by atoms with Gasteiger partial charge < -0.3 is 5.32 Å². The van der Waals surface area contributed by atoms with Crippen molar-refractivity contribution in [2.45, 2.75) is 53.0 Å². The fraction of sp³-hybridized carbons (Fsp3) is 0.647. The lowest BCUT2D eigenvalue weighted by atomic mass is 9.69.